The zero-order valence-electron chi connectivity index (χ0n) is 10.4. The molecular weight excluding hydrogens is 271 g/mol. The lowest BCUT2D eigenvalue weighted by Gasteiger charge is -2.06. The first kappa shape index (κ1) is 13.4. The first-order valence-corrected chi connectivity index (χ1v) is 5.78. The second-order valence-electron chi connectivity index (χ2n) is 3.81. The molecule has 0 spiro atoms. The lowest BCUT2D eigenvalue weighted by Crippen LogP contribution is -1.99. The molecule has 0 aliphatic heterocycles. The Labute approximate surface area is 114 Å². The fraction of sp³-hybridized carbons (Fsp3) is 0.167. The summed E-state index contributed by atoms with van der Waals surface area (Å²) in [6, 6.07) is 2.71. The summed E-state index contributed by atoms with van der Waals surface area (Å²) in [6.45, 7) is 1.78. The fourth-order valence-electron chi connectivity index (χ4n) is 1.54. The van der Waals surface area contributed by atoms with Crippen molar-refractivity contribution in [2.24, 2.45) is 5.10 Å². The minimum Gasteiger partial charge on any atom is -0.495 e. The van der Waals surface area contributed by atoms with Crippen LogP contribution in [0.15, 0.2) is 23.4 Å². The topological polar surface area (TPSA) is 65.4 Å². The largest absolute Gasteiger partial charge is 0.495 e. The van der Waals surface area contributed by atoms with Gasteiger partial charge in [0, 0.05) is 0 Å². The van der Waals surface area contributed by atoms with E-state index in [1.807, 2.05) is 0 Å². The first-order valence-electron chi connectivity index (χ1n) is 5.40. The zero-order valence-corrected chi connectivity index (χ0v) is 11.1. The Morgan fingerprint density at radius 1 is 1.53 bits per heavy atom. The molecule has 1 aromatic carbocycles. The smallest absolute Gasteiger partial charge is 0.221 e. The molecule has 0 bridgehead atoms. The van der Waals surface area contributed by atoms with E-state index in [0.29, 0.717) is 11.4 Å². The maximum absolute atomic E-state index is 13.7. The molecule has 0 amide bonds. The molecule has 5 nitrogen and oxygen atoms in total. The van der Waals surface area contributed by atoms with E-state index in [1.54, 1.807) is 13.1 Å². The van der Waals surface area contributed by atoms with Gasteiger partial charge in [-0.15, -0.1) is 0 Å². The van der Waals surface area contributed by atoms with Crippen LogP contribution in [0.1, 0.15) is 11.3 Å². The molecule has 2 rings (SSSR count). The van der Waals surface area contributed by atoms with Gasteiger partial charge >= 0.3 is 0 Å². The molecule has 19 heavy (non-hydrogen) atoms. The summed E-state index contributed by atoms with van der Waals surface area (Å²) in [7, 11) is 1.46. The molecule has 0 unspecified atom stereocenters. The summed E-state index contributed by atoms with van der Waals surface area (Å²) in [5, 5.41) is 4.17. The number of benzene rings is 1. The minimum absolute atomic E-state index is 0.131. The molecule has 0 saturated carbocycles. The van der Waals surface area contributed by atoms with Crippen LogP contribution in [0.2, 0.25) is 5.02 Å². The number of anilines is 1. The van der Waals surface area contributed by atoms with Gasteiger partial charge < -0.3 is 10.5 Å². The number of nitrogens with two attached hydrogens (primary N) is 1. The van der Waals surface area contributed by atoms with Crippen LogP contribution in [-0.2, 0) is 0 Å². The van der Waals surface area contributed by atoms with Crippen LogP contribution in [0.25, 0.3) is 0 Å². The van der Waals surface area contributed by atoms with Crippen LogP contribution >= 0.6 is 11.6 Å². The summed E-state index contributed by atoms with van der Waals surface area (Å²) >= 11 is 6.01. The van der Waals surface area contributed by atoms with Gasteiger partial charge in [0.1, 0.15) is 11.6 Å². The van der Waals surface area contributed by atoms with Gasteiger partial charge in [-0.25, -0.2) is 14.1 Å². The third kappa shape index (κ3) is 2.68. The van der Waals surface area contributed by atoms with E-state index < -0.39 is 5.82 Å². The van der Waals surface area contributed by atoms with Crippen molar-refractivity contribution in [1.82, 2.24) is 9.66 Å². The molecule has 7 heteroatoms. The molecule has 0 aliphatic carbocycles. The van der Waals surface area contributed by atoms with E-state index in [-0.39, 0.29) is 16.5 Å². The normalized spacial score (nSPS) is 11.2. The van der Waals surface area contributed by atoms with Crippen LogP contribution in [-0.4, -0.2) is 23.0 Å². The van der Waals surface area contributed by atoms with Crippen molar-refractivity contribution < 1.29 is 9.13 Å². The van der Waals surface area contributed by atoms with Gasteiger partial charge in [-0.1, -0.05) is 11.6 Å². The van der Waals surface area contributed by atoms with Crippen molar-refractivity contribution in [3.8, 4) is 5.75 Å². The van der Waals surface area contributed by atoms with Gasteiger partial charge in [0.2, 0.25) is 5.95 Å². The van der Waals surface area contributed by atoms with Gasteiger partial charge in [-0.2, -0.15) is 5.10 Å². The summed E-state index contributed by atoms with van der Waals surface area (Å²) in [4.78, 5) is 3.98. The highest BCUT2D eigenvalue weighted by molar-refractivity contribution is 6.34. The van der Waals surface area contributed by atoms with Crippen LogP contribution in [0, 0.1) is 12.7 Å². The number of imidazole rings is 1. The SMILES string of the molecule is COc1ccc(F)c(C=Nn2cc(C)nc2N)c1Cl. The molecule has 1 aromatic heterocycles. The van der Waals surface area contributed by atoms with Crippen molar-refractivity contribution in [3.05, 3.63) is 40.4 Å². The van der Waals surface area contributed by atoms with Crippen LogP contribution < -0.4 is 10.5 Å². The summed E-state index contributed by atoms with van der Waals surface area (Å²) < 4.78 is 20.0. The summed E-state index contributed by atoms with van der Waals surface area (Å²) in [5.74, 6) is 0.0948. The molecule has 1 heterocycles. The van der Waals surface area contributed by atoms with Gasteiger partial charge in [0.15, 0.2) is 0 Å². The second kappa shape index (κ2) is 5.27. The number of methoxy groups -OCH3 is 1. The highest BCUT2D eigenvalue weighted by Crippen LogP contribution is 2.28. The van der Waals surface area contributed by atoms with E-state index in [1.165, 1.54) is 30.1 Å². The lowest BCUT2D eigenvalue weighted by atomic mass is 10.2. The van der Waals surface area contributed by atoms with Crippen LogP contribution in [0.5, 0.6) is 5.75 Å². The Morgan fingerprint density at radius 2 is 2.26 bits per heavy atom. The van der Waals surface area contributed by atoms with Crippen molar-refractivity contribution in [1.29, 1.82) is 0 Å². The summed E-state index contributed by atoms with van der Waals surface area (Å²) in [6.07, 6.45) is 2.90. The number of rotatable bonds is 3. The second-order valence-corrected chi connectivity index (χ2v) is 4.18. The molecule has 100 valence electrons. The predicted octanol–water partition coefficient (Wildman–Crippen LogP) is 2.46. The van der Waals surface area contributed by atoms with E-state index in [2.05, 4.69) is 10.1 Å². The Bertz CT molecular complexity index is 639. The monoisotopic (exact) mass is 282 g/mol. The number of nitrogen functional groups attached to an aromatic ring is 1. The Kier molecular flexibility index (Phi) is 3.71. The Balaban J connectivity index is 2.40. The maximum Gasteiger partial charge on any atom is 0.221 e. The lowest BCUT2D eigenvalue weighted by molar-refractivity contribution is 0.414. The van der Waals surface area contributed by atoms with E-state index in [4.69, 9.17) is 22.1 Å². The number of hydrogen-bond acceptors (Lipinski definition) is 4. The Morgan fingerprint density at radius 3 is 2.84 bits per heavy atom. The molecular formula is C12H12ClFN4O. The highest BCUT2D eigenvalue weighted by atomic mass is 35.5. The highest BCUT2D eigenvalue weighted by Gasteiger charge is 2.11. The molecule has 0 radical (unpaired) electrons. The van der Waals surface area contributed by atoms with Gasteiger partial charge in [-0.05, 0) is 19.1 Å². The van der Waals surface area contributed by atoms with Crippen molar-refractivity contribution in [2.75, 3.05) is 12.8 Å². The standard InChI is InChI=1S/C12H12ClFN4O/c1-7-6-18(12(15)17-7)16-5-8-9(14)3-4-10(19-2)11(8)13/h3-6H,1-2H3,(H2,15,17). The van der Waals surface area contributed by atoms with Gasteiger partial charge in [-0.3, -0.25) is 0 Å². The molecule has 0 fully saturated rings. The Hall–Kier alpha value is -2.08. The molecule has 2 aromatic rings. The van der Waals surface area contributed by atoms with E-state index >= 15 is 0 Å². The molecule has 0 atom stereocenters. The van der Waals surface area contributed by atoms with Crippen molar-refractivity contribution >= 4 is 23.8 Å². The minimum atomic E-state index is -0.495. The maximum atomic E-state index is 13.7. The van der Waals surface area contributed by atoms with E-state index in [0.717, 1.165) is 0 Å². The van der Waals surface area contributed by atoms with Crippen molar-refractivity contribution in [2.45, 2.75) is 6.92 Å². The van der Waals surface area contributed by atoms with Gasteiger partial charge in [0.25, 0.3) is 0 Å². The summed E-state index contributed by atoms with van der Waals surface area (Å²) in [5.41, 5.74) is 6.47. The molecule has 0 saturated heterocycles. The number of nitrogens with zero attached hydrogens (tertiary/aromatic N) is 3. The number of ether oxygens (including phenoxy) is 1. The first-order chi connectivity index (χ1) is 9.02. The third-order valence-electron chi connectivity index (χ3n) is 2.46. The van der Waals surface area contributed by atoms with Crippen molar-refractivity contribution in [3.63, 3.8) is 0 Å². The number of aryl methyl sites for hydroxylation is 1. The number of aromatic nitrogens is 2. The van der Waals surface area contributed by atoms with Gasteiger partial charge in [0.05, 0.1) is 35.8 Å². The van der Waals surface area contributed by atoms with Crippen LogP contribution in [0.3, 0.4) is 0 Å². The average molecular weight is 283 g/mol. The predicted molar refractivity (Wildman–Crippen MR) is 72.3 cm³/mol. The third-order valence-corrected chi connectivity index (χ3v) is 2.85. The quantitative estimate of drug-likeness (QED) is 0.880. The number of halogens is 2. The van der Waals surface area contributed by atoms with Crippen LogP contribution in [0.4, 0.5) is 10.3 Å². The zero-order chi connectivity index (χ0) is 14.0. The van der Waals surface area contributed by atoms with E-state index in [9.17, 15) is 4.39 Å². The molecule has 2 N–H and O–H groups in total. The fourth-order valence-corrected chi connectivity index (χ4v) is 1.82. The molecule has 0 aliphatic rings. The number of hydrogen-bond donors (Lipinski definition) is 1. The average Bonchev–Trinajstić information content (AvgIpc) is 2.68.